The summed E-state index contributed by atoms with van der Waals surface area (Å²) in [5.41, 5.74) is 7.98. The molecule has 0 unspecified atom stereocenters. The predicted octanol–water partition coefficient (Wildman–Crippen LogP) is 3.79. The first-order chi connectivity index (χ1) is 16.6. The molecule has 0 fully saturated rings. The van der Waals surface area contributed by atoms with Crippen molar-refractivity contribution in [2.45, 2.75) is 43.1 Å². The van der Waals surface area contributed by atoms with Gasteiger partial charge in [-0.2, -0.15) is 15.0 Å². The number of nitrogens with zero attached hydrogens (tertiary/aromatic N) is 5. The molecule has 0 aliphatic heterocycles. The summed E-state index contributed by atoms with van der Waals surface area (Å²) in [5.74, 6) is 1.41. The van der Waals surface area contributed by atoms with Gasteiger partial charge < -0.3 is 15.8 Å². The van der Waals surface area contributed by atoms with Gasteiger partial charge in [-0.15, -0.1) is 11.3 Å². The van der Waals surface area contributed by atoms with E-state index in [-0.39, 0.29) is 11.5 Å². The second-order valence-corrected chi connectivity index (χ2v) is 9.97. The molecule has 1 aromatic carbocycles. The third kappa shape index (κ3) is 4.77. The number of aryl methyl sites for hydroxylation is 2. The monoisotopic (exact) mass is 495 g/mol. The molecule has 1 aliphatic carbocycles. The molecule has 4 aromatic rings. The zero-order chi connectivity index (χ0) is 23.5. The van der Waals surface area contributed by atoms with Crippen LogP contribution in [0.4, 0.5) is 17.6 Å². The summed E-state index contributed by atoms with van der Waals surface area (Å²) in [7, 11) is 1.63. The van der Waals surface area contributed by atoms with Gasteiger partial charge in [0, 0.05) is 17.7 Å². The number of fused-ring (bicyclic) bond motifs is 3. The minimum Gasteiger partial charge on any atom is -0.383 e. The molecule has 0 saturated carbocycles. The fourth-order valence-electron chi connectivity index (χ4n) is 4.05. The number of thioether (sulfide) groups is 1. The number of thiophene rings is 1. The minimum atomic E-state index is 0.00513. The van der Waals surface area contributed by atoms with Crippen LogP contribution in [0, 0.1) is 0 Å². The fraction of sp³-hybridized carbons (Fsp3) is 0.348. The Balaban J connectivity index is 1.45. The number of nitrogen functional groups attached to an aromatic ring is 1. The molecule has 3 heterocycles. The molecule has 0 amide bonds. The summed E-state index contributed by atoms with van der Waals surface area (Å²) in [6.45, 7) is 0.863. The molecule has 3 N–H and O–H groups in total. The smallest absolute Gasteiger partial charge is 0.263 e. The van der Waals surface area contributed by atoms with Crippen LogP contribution in [0.5, 0.6) is 0 Å². The molecule has 0 saturated heterocycles. The summed E-state index contributed by atoms with van der Waals surface area (Å²) in [6, 6.07) is 9.62. The van der Waals surface area contributed by atoms with Crippen molar-refractivity contribution in [2.24, 2.45) is 0 Å². The van der Waals surface area contributed by atoms with E-state index < -0.39 is 0 Å². The first-order valence-corrected chi connectivity index (χ1v) is 12.9. The maximum absolute atomic E-state index is 13.5. The number of para-hydroxylation sites is 1. The van der Waals surface area contributed by atoms with E-state index in [0.717, 1.165) is 35.2 Å². The van der Waals surface area contributed by atoms with E-state index >= 15 is 0 Å². The third-order valence-electron chi connectivity index (χ3n) is 5.62. The molecule has 0 spiro atoms. The van der Waals surface area contributed by atoms with Gasteiger partial charge in [-0.25, -0.2) is 4.98 Å². The van der Waals surface area contributed by atoms with Crippen LogP contribution in [0.25, 0.3) is 10.2 Å². The summed E-state index contributed by atoms with van der Waals surface area (Å²) in [4.78, 5) is 33.5. The highest BCUT2D eigenvalue weighted by atomic mass is 32.2. The topological polar surface area (TPSA) is 121 Å². The second kappa shape index (κ2) is 10.1. The molecule has 34 heavy (non-hydrogen) atoms. The summed E-state index contributed by atoms with van der Waals surface area (Å²) >= 11 is 3.06. The van der Waals surface area contributed by atoms with Gasteiger partial charge in [0.15, 0.2) is 5.16 Å². The predicted molar refractivity (Wildman–Crippen MR) is 136 cm³/mol. The van der Waals surface area contributed by atoms with Crippen LogP contribution in [-0.2, 0) is 29.9 Å². The van der Waals surface area contributed by atoms with Gasteiger partial charge in [0.1, 0.15) is 10.7 Å². The van der Waals surface area contributed by atoms with Crippen LogP contribution < -0.4 is 16.6 Å². The van der Waals surface area contributed by atoms with E-state index in [2.05, 4.69) is 20.3 Å². The zero-order valence-electron chi connectivity index (χ0n) is 18.8. The lowest BCUT2D eigenvalue weighted by molar-refractivity contribution is 0.183. The van der Waals surface area contributed by atoms with Crippen molar-refractivity contribution in [2.75, 3.05) is 24.8 Å². The number of aromatic nitrogens is 5. The maximum atomic E-state index is 13.5. The molecular weight excluding hydrogens is 470 g/mol. The molecule has 0 radical (unpaired) electrons. The zero-order valence-corrected chi connectivity index (χ0v) is 20.4. The average molecular weight is 496 g/mol. The lowest BCUT2D eigenvalue weighted by Crippen LogP contribution is -2.25. The Labute approximate surface area is 204 Å². The van der Waals surface area contributed by atoms with Crippen LogP contribution >= 0.6 is 23.1 Å². The number of hydrogen-bond acceptors (Lipinski definition) is 10. The number of rotatable bonds is 8. The van der Waals surface area contributed by atoms with Gasteiger partial charge in [-0.3, -0.25) is 9.36 Å². The Morgan fingerprint density at radius 2 is 1.97 bits per heavy atom. The van der Waals surface area contributed by atoms with Crippen molar-refractivity contribution >= 4 is 50.9 Å². The molecule has 0 bridgehead atoms. The van der Waals surface area contributed by atoms with Gasteiger partial charge in [0.25, 0.3) is 5.56 Å². The fourth-order valence-corrected chi connectivity index (χ4v) is 6.23. The normalized spacial score (nSPS) is 13.2. The largest absolute Gasteiger partial charge is 0.383 e. The molecule has 176 valence electrons. The number of ether oxygens (including phenoxy) is 1. The van der Waals surface area contributed by atoms with Gasteiger partial charge in [-0.1, -0.05) is 30.0 Å². The van der Waals surface area contributed by atoms with E-state index in [1.165, 1.54) is 28.6 Å². The molecule has 0 atom stereocenters. The van der Waals surface area contributed by atoms with E-state index in [0.29, 0.717) is 35.8 Å². The van der Waals surface area contributed by atoms with E-state index in [1.54, 1.807) is 23.0 Å². The highest BCUT2D eigenvalue weighted by Gasteiger charge is 2.22. The number of methoxy groups -OCH3 is 1. The number of anilines is 3. The first kappa shape index (κ1) is 22.8. The maximum Gasteiger partial charge on any atom is 0.263 e. The van der Waals surface area contributed by atoms with Crippen molar-refractivity contribution < 1.29 is 4.74 Å². The van der Waals surface area contributed by atoms with E-state index in [1.807, 2.05) is 30.3 Å². The van der Waals surface area contributed by atoms with Crippen LogP contribution in [-0.4, -0.2) is 38.2 Å². The van der Waals surface area contributed by atoms with Crippen molar-refractivity contribution in [3.63, 3.8) is 0 Å². The van der Waals surface area contributed by atoms with Crippen LogP contribution in [0.15, 0.2) is 40.3 Å². The van der Waals surface area contributed by atoms with Crippen molar-refractivity contribution in [3.8, 4) is 0 Å². The number of hydrogen-bond donors (Lipinski definition) is 2. The minimum absolute atomic E-state index is 0.00513. The summed E-state index contributed by atoms with van der Waals surface area (Å²) in [5, 5.41) is 4.55. The highest BCUT2D eigenvalue weighted by molar-refractivity contribution is 7.98. The summed E-state index contributed by atoms with van der Waals surface area (Å²) < 4.78 is 6.97. The van der Waals surface area contributed by atoms with Crippen LogP contribution in [0.3, 0.4) is 0 Å². The quantitative estimate of drug-likeness (QED) is 0.278. The summed E-state index contributed by atoms with van der Waals surface area (Å²) in [6.07, 6.45) is 4.26. The molecule has 9 nitrogen and oxygen atoms in total. The van der Waals surface area contributed by atoms with Crippen LogP contribution in [0.1, 0.15) is 29.1 Å². The molecule has 3 aromatic heterocycles. The van der Waals surface area contributed by atoms with Gasteiger partial charge in [0.2, 0.25) is 11.9 Å². The van der Waals surface area contributed by atoms with Gasteiger partial charge >= 0.3 is 0 Å². The van der Waals surface area contributed by atoms with Gasteiger partial charge in [-0.05, 0) is 43.4 Å². The highest BCUT2D eigenvalue weighted by Crippen LogP contribution is 2.35. The number of nitrogens with two attached hydrogens (primary N) is 1. The standard InChI is InChI=1S/C23H25N7O2S2/c1-32-12-11-30-20(31)18-15-9-5-6-10-16(15)34-19(18)28-23(30)33-13-17-26-21(24)29-22(27-17)25-14-7-3-2-4-8-14/h2-4,7-8H,5-6,9-13H2,1H3,(H3,24,25,26,27,29). The molecule has 1 aliphatic rings. The van der Waals surface area contributed by atoms with E-state index in [4.69, 9.17) is 15.5 Å². The molecular formula is C23H25N7O2S2. The lowest BCUT2D eigenvalue weighted by Gasteiger charge is -2.13. The number of nitrogens with one attached hydrogen (secondary N) is 1. The third-order valence-corrected chi connectivity index (χ3v) is 7.78. The Bertz CT molecular complexity index is 1370. The van der Waals surface area contributed by atoms with Crippen molar-refractivity contribution in [1.29, 1.82) is 0 Å². The molecule has 5 rings (SSSR count). The van der Waals surface area contributed by atoms with Crippen molar-refractivity contribution in [3.05, 3.63) is 57.0 Å². The molecule has 11 heteroatoms. The Kier molecular flexibility index (Phi) is 6.75. The average Bonchev–Trinajstić information content (AvgIpc) is 3.21. The van der Waals surface area contributed by atoms with Gasteiger partial charge in [0.05, 0.1) is 24.3 Å². The second-order valence-electron chi connectivity index (χ2n) is 7.95. The Morgan fingerprint density at radius 3 is 2.79 bits per heavy atom. The first-order valence-electron chi connectivity index (χ1n) is 11.1. The SMILES string of the molecule is COCCn1c(SCc2nc(N)nc(Nc3ccccc3)n2)nc2sc3c(c2c1=O)CCCC3. The van der Waals surface area contributed by atoms with Crippen molar-refractivity contribution in [1.82, 2.24) is 24.5 Å². The van der Waals surface area contributed by atoms with Crippen LogP contribution in [0.2, 0.25) is 0 Å². The lowest BCUT2D eigenvalue weighted by atomic mass is 9.97. The number of benzene rings is 1. The van der Waals surface area contributed by atoms with E-state index in [9.17, 15) is 4.79 Å². The Morgan fingerprint density at radius 1 is 1.15 bits per heavy atom. The Hall–Kier alpha value is -3.02.